The van der Waals surface area contributed by atoms with Gasteiger partial charge in [0.2, 0.25) is 5.91 Å². The highest BCUT2D eigenvalue weighted by molar-refractivity contribution is 5.96. The van der Waals surface area contributed by atoms with Crippen LogP contribution in [0.25, 0.3) is 0 Å². The van der Waals surface area contributed by atoms with E-state index < -0.39 is 30.9 Å². The quantitative estimate of drug-likeness (QED) is 0.679. The summed E-state index contributed by atoms with van der Waals surface area (Å²) in [7, 11) is 1.56. The van der Waals surface area contributed by atoms with Crippen molar-refractivity contribution in [3.05, 3.63) is 17.5 Å². The van der Waals surface area contributed by atoms with E-state index in [0.717, 1.165) is 4.90 Å². The number of aryl methyl sites for hydroxylation is 2. The Balaban J connectivity index is 2.97. The molecule has 98 valence electrons. The first-order valence-corrected chi connectivity index (χ1v) is 5.11. The van der Waals surface area contributed by atoms with Crippen LogP contribution in [0.3, 0.4) is 0 Å². The van der Waals surface area contributed by atoms with Crippen LogP contribution in [0.4, 0.5) is 0 Å². The summed E-state index contributed by atoms with van der Waals surface area (Å²) in [6.45, 7) is 0.660. The van der Waals surface area contributed by atoms with Crippen LogP contribution in [0.2, 0.25) is 0 Å². The molecule has 0 bridgehead atoms. The van der Waals surface area contributed by atoms with Crippen molar-refractivity contribution in [3.63, 3.8) is 0 Å². The minimum atomic E-state index is -1.22. The van der Waals surface area contributed by atoms with Gasteiger partial charge in [-0.25, -0.2) is 0 Å². The molecule has 18 heavy (non-hydrogen) atoms. The Bertz CT molecular complexity index is 478. The van der Waals surface area contributed by atoms with Gasteiger partial charge in [-0.1, -0.05) is 0 Å². The maximum Gasteiger partial charge on any atom is 0.323 e. The molecule has 8 heteroatoms. The zero-order chi connectivity index (χ0) is 13.9. The minimum absolute atomic E-state index is 0.204. The van der Waals surface area contributed by atoms with Gasteiger partial charge < -0.3 is 15.7 Å². The van der Waals surface area contributed by atoms with Crippen molar-refractivity contribution in [1.29, 1.82) is 0 Å². The molecule has 0 spiro atoms. The van der Waals surface area contributed by atoms with Crippen LogP contribution in [0, 0.1) is 6.92 Å². The Morgan fingerprint density at radius 3 is 2.44 bits per heavy atom. The summed E-state index contributed by atoms with van der Waals surface area (Å²) >= 11 is 0. The van der Waals surface area contributed by atoms with Crippen LogP contribution in [0.1, 0.15) is 16.2 Å². The molecule has 0 saturated carbocycles. The molecule has 0 radical (unpaired) electrons. The first-order chi connectivity index (χ1) is 8.31. The molecule has 0 aliphatic carbocycles. The van der Waals surface area contributed by atoms with Crippen molar-refractivity contribution in [1.82, 2.24) is 14.7 Å². The Labute approximate surface area is 103 Å². The van der Waals surface area contributed by atoms with E-state index in [0.29, 0.717) is 5.69 Å². The van der Waals surface area contributed by atoms with Gasteiger partial charge in [0.15, 0.2) is 0 Å². The normalized spacial score (nSPS) is 10.1. The zero-order valence-corrected chi connectivity index (χ0v) is 10.1. The molecule has 1 heterocycles. The number of nitrogens with zero attached hydrogens (tertiary/aromatic N) is 3. The van der Waals surface area contributed by atoms with Crippen LogP contribution < -0.4 is 5.73 Å². The average Bonchev–Trinajstić information content (AvgIpc) is 2.54. The van der Waals surface area contributed by atoms with Gasteiger partial charge in [0.1, 0.15) is 18.8 Å². The molecular formula is C10H14N4O4. The fourth-order valence-corrected chi connectivity index (χ4v) is 1.52. The number of hydrogen-bond donors (Lipinski definition) is 2. The lowest BCUT2D eigenvalue weighted by Gasteiger charge is -2.18. The molecule has 0 unspecified atom stereocenters. The van der Waals surface area contributed by atoms with Gasteiger partial charge in [0.25, 0.3) is 5.91 Å². The summed E-state index contributed by atoms with van der Waals surface area (Å²) in [5.41, 5.74) is 5.80. The number of carbonyl (C=O) groups is 3. The SMILES string of the molecule is Cc1cc(C(=O)N(CC(N)=O)CC(=O)O)n(C)n1. The second-order valence-electron chi connectivity index (χ2n) is 3.82. The lowest BCUT2D eigenvalue weighted by atomic mass is 10.3. The van der Waals surface area contributed by atoms with E-state index in [1.165, 1.54) is 10.7 Å². The fraction of sp³-hybridized carbons (Fsp3) is 0.400. The predicted octanol–water partition coefficient (Wildman–Crippen LogP) is -1.26. The maximum absolute atomic E-state index is 12.0. The molecule has 2 amide bonds. The summed E-state index contributed by atoms with van der Waals surface area (Å²) in [6.07, 6.45) is 0. The first kappa shape index (κ1) is 13.7. The molecule has 1 aromatic heterocycles. The van der Waals surface area contributed by atoms with Crippen molar-refractivity contribution in [3.8, 4) is 0 Å². The molecule has 0 aliphatic heterocycles. The third-order valence-corrected chi connectivity index (χ3v) is 2.18. The number of amides is 2. The van der Waals surface area contributed by atoms with Gasteiger partial charge in [-0.15, -0.1) is 0 Å². The summed E-state index contributed by atoms with van der Waals surface area (Å²) in [4.78, 5) is 34.4. The van der Waals surface area contributed by atoms with E-state index in [1.54, 1.807) is 14.0 Å². The van der Waals surface area contributed by atoms with Crippen LogP contribution in [0.15, 0.2) is 6.07 Å². The van der Waals surface area contributed by atoms with E-state index in [9.17, 15) is 14.4 Å². The van der Waals surface area contributed by atoms with Gasteiger partial charge in [-0.2, -0.15) is 5.10 Å². The summed E-state index contributed by atoms with van der Waals surface area (Å²) < 4.78 is 1.33. The smallest absolute Gasteiger partial charge is 0.323 e. The lowest BCUT2D eigenvalue weighted by molar-refractivity contribution is -0.138. The molecule has 0 atom stereocenters. The first-order valence-electron chi connectivity index (χ1n) is 5.11. The number of carboxylic acids is 1. The molecule has 1 rings (SSSR count). The molecule has 1 aromatic rings. The third-order valence-electron chi connectivity index (χ3n) is 2.18. The van der Waals surface area contributed by atoms with E-state index >= 15 is 0 Å². The van der Waals surface area contributed by atoms with Gasteiger partial charge in [0, 0.05) is 7.05 Å². The summed E-state index contributed by atoms with van der Waals surface area (Å²) in [5.74, 6) is -2.59. The highest BCUT2D eigenvalue weighted by atomic mass is 16.4. The van der Waals surface area contributed by atoms with Crippen LogP contribution in [-0.4, -0.2) is 50.7 Å². The Hall–Kier alpha value is -2.38. The number of aliphatic carboxylic acids is 1. The van der Waals surface area contributed by atoms with Gasteiger partial charge in [-0.05, 0) is 13.0 Å². The minimum Gasteiger partial charge on any atom is -0.480 e. The zero-order valence-electron chi connectivity index (χ0n) is 10.1. The number of hydrogen-bond acceptors (Lipinski definition) is 4. The highest BCUT2D eigenvalue weighted by Crippen LogP contribution is 2.06. The molecule has 0 saturated heterocycles. The van der Waals surface area contributed by atoms with Gasteiger partial charge >= 0.3 is 5.97 Å². The average molecular weight is 254 g/mol. The monoisotopic (exact) mass is 254 g/mol. The number of carbonyl (C=O) groups excluding carboxylic acids is 2. The van der Waals surface area contributed by atoms with Crippen molar-refractivity contribution < 1.29 is 19.5 Å². The maximum atomic E-state index is 12.0. The lowest BCUT2D eigenvalue weighted by Crippen LogP contribution is -2.42. The van der Waals surface area contributed by atoms with Crippen LogP contribution in [-0.2, 0) is 16.6 Å². The van der Waals surface area contributed by atoms with Crippen molar-refractivity contribution in [2.75, 3.05) is 13.1 Å². The molecule has 0 aliphatic rings. The summed E-state index contributed by atoms with van der Waals surface area (Å²) in [6, 6.07) is 1.51. The number of primary amides is 1. The number of aromatic nitrogens is 2. The van der Waals surface area contributed by atoms with Crippen molar-refractivity contribution in [2.24, 2.45) is 12.8 Å². The second kappa shape index (κ2) is 5.30. The molecule has 0 fully saturated rings. The molecule has 3 N–H and O–H groups in total. The number of rotatable bonds is 5. The number of carboxylic acid groups (broad SMARTS) is 1. The Morgan fingerprint density at radius 2 is 2.06 bits per heavy atom. The Kier molecular flexibility index (Phi) is 4.03. The van der Waals surface area contributed by atoms with Crippen molar-refractivity contribution in [2.45, 2.75) is 6.92 Å². The molecule has 8 nitrogen and oxygen atoms in total. The molecular weight excluding hydrogens is 240 g/mol. The highest BCUT2D eigenvalue weighted by Gasteiger charge is 2.23. The predicted molar refractivity (Wildman–Crippen MR) is 60.7 cm³/mol. The van der Waals surface area contributed by atoms with Gasteiger partial charge in [0.05, 0.1) is 5.69 Å². The van der Waals surface area contributed by atoms with Crippen LogP contribution >= 0.6 is 0 Å². The third kappa shape index (κ3) is 3.30. The van der Waals surface area contributed by atoms with E-state index in [-0.39, 0.29) is 5.69 Å². The van der Waals surface area contributed by atoms with E-state index in [4.69, 9.17) is 10.8 Å². The van der Waals surface area contributed by atoms with E-state index in [1.807, 2.05) is 0 Å². The summed E-state index contributed by atoms with van der Waals surface area (Å²) in [5, 5.41) is 12.7. The largest absolute Gasteiger partial charge is 0.480 e. The Morgan fingerprint density at radius 1 is 1.44 bits per heavy atom. The van der Waals surface area contributed by atoms with Gasteiger partial charge in [-0.3, -0.25) is 19.1 Å². The number of nitrogens with two attached hydrogens (primary N) is 1. The standard InChI is InChI=1S/C10H14N4O4/c1-6-3-7(13(2)12-6)10(18)14(4-8(11)15)5-9(16)17/h3H,4-5H2,1-2H3,(H2,11,15)(H,16,17). The fourth-order valence-electron chi connectivity index (χ4n) is 1.52. The molecule has 0 aromatic carbocycles. The van der Waals surface area contributed by atoms with Crippen molar-refractivity contribution >= 4 is 17.8 Å². The van der Waals surface area contributed by atoms with Crippen LogP contribution in [0.5, 0.6) is 0 Å². The topological polar surface area (TPSA) is 119 Å². The second-order valence-corrected chi connectivity index (χ2v) is 3.82. The van der Waals surface area contributed by atoms with E-state index in [2.05, 4.69) is 5.10 Å².